The van der Waals surface area contributed by atoms with E-state index in [4.69, 9.17) is 4.55 Å². The summed E-state index contributed by atoms with van der Waals surface area (Å²) in [5.74, 6) is -0.231. The smallest absolute Gasteiger partial charge is 0.264 e. The fourth-order valence-corrected chi connectivity index (χ4v) is 4.59. The molecule has 0 unspecified atom stereocenters. The number of anilines is 2. The van der Waals surface area contributed by atoms with E-state index in [0.717, 1.165) is 25.6 Å². The highest BCUT2D eigenvalue weighted by atomic mass is 79.9. The second kappa shape index (κ2) is 6.23. The number of rotatable bonds is 4. The average Bonchev–Trinajstić information content (AvgIpc) is 2.45. The van der Waals surface area contributed by atoms with E-state index < -0.39 is 10.1 Å². The highest BCUT2D eigenvalue weighted by molar-refractivity contribution is 9.10. The Balaban J connectivity index is 1.94. The van der Waals surface area contributed by atoms with Crippen LogP contribution in [0.15, 0.2) is 56.7 Å². The van der Waals surface area contributed by atoms with Crippen LogP contribution in [0.4, 0.5) is 11.4 Å². The molecule has 0 saturated heterocycles. The van der Waals surface area contributed by atoms with Gasteiger partial charge in [-0.05, 0) is 36.8 Å². The molecule has 0 atom stereocenters. The monoisotopic (exact) mass is 399 g/mol. The Bertz CT molecular complexity index is 808. The third-order valence-corrected chi connectivity index (χ3v) is 5.78. The van der Waals surface area contributed by atoms with Gasteiger partial charge in [-0.25, -0.2) is 0 Å². The zero-order valence-corrected chi connectivity index (χ0v) is 14.8. The van der Waals surface area contributed by atoms with Crippen LogP contribution in [-0.4, -0.2) is 25.3 Å². The summed E-state index contributed by atoms with van der Waals surface area (Å²) < 4.78 is 31.8. The zero-order valence-electron chi connectivity index (χ0n) is 11.6. The maximum Gasteiger partial charge on any atom is 0.264 e. The Morgan fingerprint density at radius 1 is 1.09 bits per heavy atom. The first kappa shape index (κ1) is 15.9. The van der Waals surface area contributed by atoms with Gasteiger partial charge in [0.05, 0.1) is 17.1 Å². The summed E-state index contributed by atoms with van der Waals surface area (Å²) in [5.41, 5.74) is 2.12. The summed E-state index contributed by atoms with van der Waals surface area (Å²) in [6.07, 6.45) is 0.368. The first-order valence-electron chi connectivity index (χ1n) is 6.73. The molecule has 2 aromatic rings. The van der Waals surface area contributed by atoms with Gasteiger partial charge in [0.2, 0.25) is 0 Å². The van der Waals surface area contributed by atoms with Crippen molar-refractivity contribution >= 4 is 49.2 Å². The van der Waals surface area contributed by atoms with Crippen LogP contribution < -0.4 is 4.90 Å². The molecule has 0 fully saturated rings. The SMILES string of the molecule is O=S(=O)(O)CCCN1c2ccccc2Sc2cc(Br)ccc21. The molecule has 0 spiro atoms. The highest BCUT2D eigenvalue weighted by Gasteiger charge is 2.23. The molecule has 4 nitrogen and oxygen atoms in total. The number of hydrogen-bond donors (Lipinski definition) is 1. The molecule has 0 amide bonds. The van der Waals surface area contributed by atoms with Crippen molar-refractivity contribution < 1.29 is 13.0 Å². The Labute approximate surface area is 142 Å². The minimum atomic E-state index is -3.93. The summed E-state index contributed by atoms with van der Waals surface area (Å²) in [5, 5.41) is 0. The first-order valence-corrected chi connectivity index (χ1v) is 9.95. The fourth-order valence-electron chi connectivity index (χ4n) is 2.45. The van der Waals surface area contributed by atoms with Gasteiger partial charge in [-0.3, -0.25) is 4.55 Å². The summed E-state index contributed by atoms with van der Waals surface area (Å²) in [7, 11) is -3.93. The van der Waals surface area contributed by atoms with Crippen LogP contribution in [0.3, 0.4) is 0 Å². The number of hydrogen-bond acceptors (Lipinski definition) is 4. The molecular formula is C15H14BrNO3S2. The summed E-state index contributed by atoms with van der Waals surface area (Å²) in [6, 6.07) is 14.1. The van der Waals surface area contributed by atoms with Gasteiger partial charge in [0.15, 0.2) is 0 Å². The van der Waals surface area contributed by atoms with Crippen LogP contribution in [0.25, 0.3) is 0 Å². The lowest BCUT2D eigenvalue weighted by atomic mass is 10.2. The largest absolute Gasteiger partial charge is 0.340 e. The molecule has 1 N–H and O–H groups in total. The normalized spacial score (nSPS) is 13.6. The van der Waals surface area contributed by atoms with Crippen molar-refractivity contribution in [2.75, 3.05) is 17.2 Å². The van der Waals surface area contributed by atoms with Crippen LogP contribution in [0.5, 0.6) is 0 Å². The van der Waals surface area contributed by atoms with Gasteiger partial charge >= 0.3 is 0 Å². The van der Waals surface area contributed by atoms with E-state index in [1.165, 1.54) is 0 Å². The van der Waals surface area contributed by atoms with E-state index in [9.17, 15) is 8.42 Å². The maximum absolute atomic E-state index is 10.9. The summed E-state index contributed by atoms with van der Waals surface area (Å²) >= 11 is 5.18. The van der Waals surface area contributed by atoms with Crippen molar-refractivity contribution in [1.29, 1.82) is 0 Å². The van der Waals surface area contributed by atoms with Crippen molar-refractivity contribution in [3.63, 3.8) is 0 Å². The Kier molecular flexibility index (Phi) is 4.49. The quantitative estimate of drug-likeness (QED) is 0.775. The van der Waals surface area contributed by atoms with E-state index in [2.05, 4.69) is 33.0 Å². The van der Waals surface area contributed by atoms with Gasteiger partial charge < -0.3 is 4.90 Å². The Hall–Kier alpha value is -1.02. The number of benzene rings is 2. The molecule has 1 aliphatic heterocycles. The minimum absolute atomic E-state index is 0.231. The standard InChI is InChI=1S/C15H14BrNO3S2/c16-11-6-7-13-15(10-11)21-14-5-2-1-4-12(14)17(13)8-3-9-22(18,19)20/h1-2,4-7,10H,3,8-9H2,(H,18,19,20). The molecular weight excluding hydrogens is 386 g/mol. The van der Waals surface area contributed by atoms with Gasteiger partial charge in [-0.1, -0.05) is 39.8 Å². The molecule has 3 rings (SSSR count). The van der Waals surface area contributed by atoms with Crippen molar-refractivity contribution in [3.8, 4) is 0 Å². The lowest BCUT2D eigenvalue weighted by molar-refractivity contribution is 0.481. The summed E-state index contributed by atoms with van der Waals surface area (Å²) in [6.45, 7) is 0.534. The van der Waals surface area contributed by atoms with Crippen molar-refractivity contribution in [1.82, 2.24) is 0 Å². The van der Waals surface area contributed by atoms with Gasteiger partial charge in [0, 0.05) is 20.8 Å². The van der Waals surface area contributed by atoms with Crippen LogP contribution >= 0.6 is 27.7 Å². The summed E-state index contributed by atoms with van der Waals surface area (Å²) in [4.78, 5) is 4.37. The lowest BCUT2D eigenvalue weighted by Gasteiger charge is -2.32. The first-order chi connectivity index (χ1) is 10.4. The second-order valence-corrected chi connectivity index (χ2v) is 8.54. The van der Waals surface area contributed by atoms with Gasteiger partial charge in [-0.15, -0.1) is 0 Å². The molecule has 0 bridgehead atoms. The second-order valence-electron chi connectivity index (χ2n) is 4.97. The lowest BCUT2D eigenvalue weighted by Crippen LogP contribution is -2.23. The van der Waals surface area contributed by atoms with Crippen molar-refractivity contribution in [3.05, 3.63) is 46.9 Å². The highest BCUT2D eigenvalue weighted by Crippen LogP contribution is 2.48. The van der Waals surface area contributed by atoms with Gasteiger partial charge in [0.25, 0.3) is 10.1 Å². The van der Waals surface area contributed by atoms with Crippen LogP contribution in [-0.2, 0) is 10.1 Å². The molecule has 0 aromatic heterocycles. The van der Waals surface area contributed by atoms with Crippen molar-refractivity contribution in [2.45, 2.75) is 16.2 Å². The molecule has 7 heteroatoms. The number of halogens is 1. The number of nitrogens with zero attached hydrogens (tertiary/aromatic N) is 1. The number of fused-ring (bicyclic) bond motifs is 2. The van der Waals surface area contributed by atoms with E-state index in [0.29, 0.717) is 13.0 Å². The molecule has 0 saturated carbocycles. The topological polar surface area (TPSA) is 57.6 Å². The van der Waals surface area contributed by atoms with Crippen LogP contribution in [0.2, 0.25) is 0 Å². The van der Waals surface area contributed by atoms with E-state index in [1.807, 2.05) is 30.3 Å². The predicted molar refractivity (Wildman–Crippen MR) is 92.7 cm³/mol. The van der Waals surface area contributed by atoms with E-state index in [-0.39, 0.29) is 5.75 Å². The minimum Gasteiger partial charge on any atom is -0.340 e. The third kappa shape index (κ3) is 3.48. The van der Waals surface area contributed by atoms with Gasteiger partial charge in [-0.2, -0.15) is 8.42 Å². The molecule has 1 aliphatic rings. The molecule has 2 aromatic carbocycles. The molecule has 22 heavy (non-hydrogen) atoms. The van der Waals surface area contributed by atoms with E-state index >= 15 is 0 Å². The fraction of sp³-hybridized carbons (Fsp3) is 0.200. The third-order valence-electron chi connectivity index (χ3n) is 3.37. The molecule has 0 radical (unpaired) electrons. The predicted octanol–water partition coefficient (Wildman–Crippen LogP) is 4.33. The van der Waals surface area contributed by atoms with Crippen LogP contribution in [0, 0.1) is 0 Å². The average molecular weight is 400 g/mol. The molecule has 116 valence electrons. The number of para-hydroxylation sites is 1. The zero-order chi connectivity index (χ0) is 15.7. The van der Waals surface area contributed by atoms with Crippen molar-refractivity contribution in [2.24, 2.45) is 0 Å². The maximum atomic E-state index is 10.9. The molecule has 0 aliphatic carbocycles. The van der Waals surface area contributed by atoms with E-state index in [1.54, 1.807) is 11.8 Å². The molecule has 1 heterocycles. The Morgan fingerprint density at radius 2 is 1.82 bits per heavy atom. The van der Waals surface area contributed by atoms with Crippen LogP contribution in [0.1, 0.15) is 6.42 Å². The Morgan fingerprint density at radius 3 is 2.59 bits per heavy atom. The van der Waals surface area contributed by atoms with Gasteiger partial charge in [0.1, 0.15) is 0 Å².